The predicted octanol–water partition coefficient (Wildman–Crippen LogP) is 1.44. The summed E-state index contributed by atoms with van der Waals surface area (Å²) in [6.45, 7) is 1.35. The Bertz CT molecular complexity index is 538. The molecule has 2 aliphatic rings. The lowest BCUT2D eigenvalue weighted by Crippen LogP contribution is -2.43. The monoisotopic (exact) mass is 309 g/mol. The number of hydrogen-bond acceptors (Lipinski definition) is 5. The molecular formula is C14H19N3O3S. The Morgan fingerprint density at radius 3 is 2.71 bits per heavy atom. The summed E-state index contributed by atoms with van der Waals surface area (Å²) in [6.07, 6.45) is 4.62. The van der Waals surface area contributed by atoms with Crippen LogP contribution in [-0.2, 0) is 14.2 Å². The third kappa shape index (κ3) is 3.68. The molecule has 0 aromatic rings. The highest BCUT2D eigenvalue weighted by molar-refractivity contribution is 7.80. The zero-order valence-electron chi connectivity index (χ0n) is 12.4. The Balaban J connectivity index is 2.24. The number of amidine groups is 1. The van der Waals surface area contributed by atoms with Gasteiger partial charge in [0.1, 0.15) is 5.84 Å². The van der Waals surface area contributed by atoms with Crippen molar-refractivity contribution in [2.24, 2.45) is 15.9 Å². The first-order chi connectivity index (χ1) is 10.2. The molecule has 0 radical (unpaired) electrons. The molecule has 1 N–H and O–H groups in total. The SMILES string of the molecule is COCCCN=C1NC(=S)N=C2C=C(OC)C(OC)=CC21. The van der Waals surface area contributed by atoms with Gasteiger partial charge in [-0.3, -0.25) is 4.99 Å². The van der Waals surface area contributed by atoms with Gasteiger partial charge < -0.3 is 19.5 Å². The molecular weight excluding hydrogens is 290 g/mol. The fraction of sp³-hybridized carbons (Fsp3) is 0.500. The molecule has 0 saturated carbocycles. The van der Waals surface area contributed by atoms with E-state index in [1.807, 2.05) is 12.2 Å². The second-order valence-electron chi connectivity index (χ2n) is 4.51. The van der Waals surface area contributed by atoms with E-state index in [4.69, 9.17) is 26.4 Å². The molecule has 0 aromatic carbocycles. The summed E-state index contributed by atoms with van der Waals surface area (Å²) >= 11 is 5.16. The van der Waals surface area contributed by atoms with Gasteiger partial charge in [-0.25, -0.2) is 4.99 Å². The minimum atomic E-state index is -0.0897. The third-order valence-corrected chi connectivity index (χ3v) is 3.34. The van der Waals surface area contributed by atoms with E-state index in [-0.39, 0.29) is 5.92 Å². The van der Waals surface area contributed by atoms with Crippen LogP contribution < -0.4 is 5.32 Å². The molecule has 2 rings (SSSR count). The van der Waals surface area contributed by atoms with E-state index in [9.17, 15) is 0 Å². The van der Waals surface area contributed by atoms with Crippen molar-refractivity contribution in [1.29, 1.82) is 0 Å². The molecule has 6 nitrogen and oxygen atoms in total. The lowest BCUT2D eigenvalue weighted by atomic mass is 9.94. The average molecular weight is 309 g/mol. The van der Waals surface area contributed by atoms with Gasteiger partial charge in [-0.15, -0.1) is 0 Å². The van der Waals surface area contributed by atoms with Crippen molar-refractivity contribution in [3.63, 3.8) is 0 Å². The molecule has 114 valence electrons. The van der Waals surface area contributed by atoms with Gasteiger partial charge in [0.15, 0.2) is 16.6 Å². The van der Waals surface area contributed by atoms with Gasteiger partial charge >= 0.3 is 0 Å². The normalized spacial score (nSPS) is 22.8. The Kier molecular flexibility index (Phi) is 5.46. The van der Waals surface area contributed by atoms with Crippen LogP contribution in [0.1, 0.15) is 6.42 Å². The Morgan fingerprint density at radius 2 is 2.05 bits per heavy atom. The molecule has 21 heavy (non-hydrogen) atoms. The van der Waals surface area contributed by atoms with Crippen molar-refractivity contribution in [2.75, 3.05) is 34.5 Å². The molecule has 1 atom stereocenters. The highest BCUT2D eigenvalue weighted by atomic mass is 32.1. The second kappa shape index (κ2) is 7.33. The van der Waals surface area contributed by atoms with E-state index >= 15 is 0 Å². The molecule has 0 aromatic heterocycles. The Morgan fingerprint density at radius 1 is 1.29 bits per heavy atom. The number of allylic oxidation sites excluding steroid dienone is 1. The number of rotatable bonds is 6. The molecule has 1 aliphatic carbocycles. The van der Waals surface area contributed by atoms with E-state index < -0.39 is 0 Å². The number of thiocarbonyl (C=S) groups is 1. The van der Waals surface area contributed by atoms with Crippen molar-refractivity contribution >= 4 is 28.9 Å². The number of fused-ring (bicyclic) bond motifs is 1. The van der Waals surface area contributed by atoms with Crippen LogP contribution >= 0.6 is 12.2 Å². The number of ether oxygens (including phenoxy) is 3. The van der Waals surface area contributed by atoms with Crippen LogP contribution in [0.3, 0.4) is 0 Å². The van der Waals surface area contributed by atoms with Crippen molar-refractivity contribution in [3.8, 4) is 0 Å². The minimum absolute atomic E-state index is 0.0897. The van der Waals surface area contributed by atoms with Gasteiger partial charge in [-0.2, -0.15) is 0 Å². The quantitative estimate of drug-likeness (QED) is 0.594. The van der Waals surface area contributed by atoms with Crippen LogP contribution in [0.2, 0.25) is 0 Å². The smallest absolute Gasteiger partial charge is 0.198 e. The van der Waals surface area contributed by atoms with Gasteiger partial charge in [0.2, 0.25) is 0 Å². The van der Waals surface area contributed by atoms with Gasteiger partial charge in [0.05, 0.1) is 25.8 Å². The van der Waals surface area contributed by atoms with Crippen LogP contribution in [0, 0.1) is 5.92 Å². The van der Waals surface area contributed by atoms with Gasteiger partial charge in [-0.1, -0.05) is 0 Å². The molecule has 0 saturated heterocycles. The van der Waals surface area contributed by atoms with Crippen molar-refractivity contribution in [3.05, 3.63) is 23.7 Å². The number of nitrogens with zero attached hydrogens (tertiary/aromatic N) is 2. The lowest BCUT2D eigenvalue weighted by Gasteiger charge is -2.27. The van der Waals surface area contributed by atoms with Gasteiger partial charge in [-0.05, 0) is 24.7 Å². The molecule has 1 unspecified atom stereocenters. The first kappa shape index (κ1) is 15.7. The van der Waals surface area contributed by atoms with E-state index in [0.717, 1.165) is 18.0 Å². The maximum Gasteiger partial charge on any atom is 0.198 e. The molecule has 1 heterocycles. The number of nitrogens with one attached hydrogen (secondary N) is 1. The first-order valence-electron chi connectivity index (χ1n) is 6.64. The minimum Gasteiger partial charge on any atom is -0.493 e. The maximum absolute atomic E-state index is 5.34. The topological polar surface area (TPSA) is 64.4 Å². The van der Waals surface area contributed by atoms with Crippen LogP contribution in [0.4, 0.5) is 0 Å². The van der Waals surface area contributed by atoms with E-state index in [0.29, 0.717) is 29.8 Å². The van der Waals surface area contributed by atoms with Crippen LogP contribution in [0.5, 0.6) is 0 Å². The highest BCUT2D eigenvalue weighted by Gasteiger charge is 2.30. The Labute approximate surface area is 129 Å². The largest absolute Gasteiger partial charge is 0.493 e. The fourth-order valence-electron chi connectivity index (χ4n) is 2.14. The zero-order valence-corrected chi connectivity index (χ0v) is 13.2. The van der Waals surface area contributed by atoms with Crippen molar-refractivity contribution in [2.45, 2.75) is 6.42 Å². The summed E-state index contributed by atoms with van der Waals surface area (Å²) < 4.78 is 15.7. The summed E-state index contributed by atoms with van der Waals surface area (Å²) in [7, 11) is 4.88. The maximum atomic E-state index is 5.34. The zero-order chi connectivity index (χ0) is 15.2. The standard InChI is InChI=1S/C14H19N3O3S/c1-18-6-4-5-15-13-9-7-11(19-2)12(20-3)8-10(9)16-14(21)17-13/h7-9H,4-6H2,1-3H3,(H,15,17,21). The van der Waals surface area contributed by atoms with Crippen LogP contribution in [-0.4, -0.2) is 51.1 Å². The summed E-state index contributed by atoms with van der Waals surface area (Å²) in [4.78, 5) is 8.90. The molecule has 0 amide bonds. The molecule has 0 fully saturated rings. The van der Waals surface area contributed by atoms with Crippen LogP contribution in [0.25, 0.3) is 0 Å². The second-order valence-corrected chi connectivity index (χ2v) is 4.89. The number of aliphatic imine (C=N–C) groups is 2. The Hall–Kier alpha value is -1.73. The molecule has 7 heteroatoms. The fourth-order valence-corrected chi connectivity index (χ4v) is 2.35. The highest BCUT2D eigenvalue weighted by Crippen LogP contribution is 2.25. The van der Waals surface area contributed by atoms with Gasteiger partial charge in [0.25, 0.3) is 0 Å². The van der Waals surface area contributed by atoms with E-state index in [1.165, 1.54) is 0 Å². The van der Waals surface area contributed by atoms with E-state index in [2.05, 4.69) is 15.3 Å². The summed E-state index contributed by atoms with van der Waals surface area (Å²) in [5, 5.41) is 3.46. The molecule has 0 bridgehead atoms. The molecule has 0 spiro atoms. The number of methoxy groups -OCH3 is 3. The van der Waals surface area contributed by atoms with E-state index in [1.54, 1.807) is 21.3 Å². The van der Waals surface area contributed by atoms with Crippen LogP contribution in [0.15, 0.2) is 33.7 Å². The van der Waals surface area contributed by atoms with Crippen molar-refractivity contribution in [1.82, 2.24) is 5.32 Å². The summed E-state index contributed by atoms with van der Waals surface area (Å²) in [6, 6.07) is 0. The van der Waals surface area contributed by atoms with Gasteiger partial charge in [0, 0.05) is 26.3 Å². The summed E-state index contributed by atoms with van der Waals surface area (Å²) in [5.74, 6) is 1.99. The van der Waals surface area contributed by atoms with Crippen molar-refractivity contribution < 1.29 is 14.2 Å². The molecule has 1 aliphatic heterocycles. The average Bonchev–Trinajstić information content (AvgIpc) is 2.49. The first-order valence-corrected chi connectivity index (χ1v) is 7.05. The predicted molar refractivity (Wildman–Crippen MR) is 85.6 cm³/mol. The summed E-state index contributed by atoms with van der Waals surface area (Å²) in [5.41, 5.74) is 0.807. The lowest BCUT2D eigenvalue weighted by molar-refractivity contribution is 0.197. The number of hydrogen-bond donors (Lipinski definition) is 1. The third-order valence-electron chi connectivity index (χ3n) is 3.15.